The highest BCUT2D eigenvalue weighted by molar-refractivity contribution is 6.10. The molecule has 1 aliphatic heterocycles. The number of aromatic nitrogens is 1. The molecule has 5 nitrogen and oxygen atoms in total. The van der Waals surface area contributed by atoms with Gasteiger partial charge in [-0.15, -0.1) is 0 Å². The number of ketones is 1. The summed E-state index contributed by atoms with van der Waals surface area (Å²) in [7, 11) is 0. The van der Waals surface area contributed by atoms with Gasteiger partial charge in [0.1, 0.15) is 11.5 Å². The van der Waals surface area contributed by atoms with E-state index in [1.165, 1.54) is 36.5 Å². The number of halogens is 1. The van der Waals surface area contributed by atoms with Crippen molar-refractivity contribution in [1.29, 1.82) is 0 Å². The maximum Gasteiger partial charge on any atom is 0.267 e. The third-order valence-electron chi connectivity index (χ3n) is 3.81. The Balaban J connectivity index is 1.63. The number of nitrogens with one attached hydrogen (secondary N) is 2. The third-order valence-corrected chi connectivity index (χ3v) is 3.81. The lowest BCUT2D eigenvalue weighted by Crippen LogP contribution is -2.31. The van der Waals surface area contributed by atoms with Crippen LogP contribution >= 0.6 is 0 Å². The second kappa shape index (κ2) is 6.75. The van der Waals surface area contributed by atoms with Gasteiger partial charge in [0.05, 0.1) is 6.10 Å². The Bertz CT molecular complexity index is 703. The number of aromatic amines is 1. The Morgan fingerprint density at radius 3 is 2.74 bits per heavy atom. The molecule has 2 heterocycles. The smallest absolute Gasteiger partial charge is 0.267 e. The van der Waals surface area contributed by atoms with E-state index in [4.69, 9.17) is 4.74 Å². The second-order valence-corrected chi connectivity index (χ2v) is 5.48. The fourth-order valence-electron chi connectivity index (χ4n) is 2.53. The molecule has 2 N–H and O–H groups in total. The third kappa shape index (κ3) is 3.65. The minimum absolute atomic E-state index is 0.0641. The highest BCUT2D eigenvalue weighted by atomic mass is 19.1. The zero-order chi connectivity index (χ0) is 16.2. The van der Waals surface area contributed by atoms with E-state index in [9.17, 15) is 14.0 Å². The first kappa shape index (κ1) is 15.4. The molecule has 0 saturated carbocycles. The van der Waals surface area contributed by atoms with Crippen molar-refractivity contribution >= 4 is 11.7 Å². The van der Waals surface area contributed by atoms with Crippen LogP contribution in [0.15, 0.2) is 36.5 Å². The normalized spacial score (nSPS) is 17.2. The van der Waals surface area contributed by atoms with Gasteiger partial charge in [0.2, 0.25) is 0 Å². The van der Waals surface area contributed by atoms with Crippen LogP contribution < -0.4 is 5.32 Å². The van der Waals surface area contributed by atoms with Crippen molar-refractivity contribution in [1.82, 2.24) is 10.3 Å². The molecule has 1 aromatic carbocycles. The van der Waals surface area contributed by atoms with E-state index >= 15 is 0 Å². The lowest BCUT2D eigenvalue weighted by Gasteiger charge is -2.09. The van der Waals surface area contributed by atoms with Crippen LogP contribution in [-0.2, 0) is 4.74 Å². The number of amides is 1. The van der Waals surface area contributed by atoms with E-state index < -0.39 is 5.82 Å². The van der Waals surface area contributed by atoms with E-state index in [-0.39, 0.29) is 17.8 Å². The SMILES string of the molecule is O=C(c1ccc(F)cc1)c1c[nH]c(C(=O)NCC2CCCO2)c1. The highest BCUT2D eigenvalue weighted by Crippen LogP contribution is 2.13. The van der Waals surface area contributed by atoms with Crippen LogP contribution in [0.3, 0.4) is 0 Å². The first-order valence-electron chi connectivity index (χ1n) is 7.52. The molecule has 3 rings (SSSR count). The molecular formula is C17H17FN2O3. The molecule has 1 fully saturated rings. The zero-order valence-electron chi connectivity index (χ0n) is 12.5. The monoisotopic (exact) mass is 316 g/mol. The Kier molecular flexibility index (Phi) is 4.52. The molecule has 0 radical (unpaired) electrons. The van der Waals surface area contributed by atoms with Crippen molar-refractivity contribution in [2.75, 3.05) is 13.2 Å². The van der Waals surface area contributed by atoms with Gasteiger partial charge >= 0.3 is 0 Å². The number of hydrogen-bond acceptors (Lipinski definition) is 3. The van der Waals surface area contributed by atoms with Crippen molar-refractivity contribution < 1.29 is 18.7 Å². The average molecular weight is 316 g/mol. The van der Waals surface area contributed by atoms with Gasteiger partial charge in [-0.25, -0.2) is 4.39 Å². The Morgan fingerprint density at radius 1 is 1.26 bits per heavy atom. The van der Waals surface area contributed by atoms with Gasteiger partial charge in [0.25, 0.3) is 5.91 Å². The van der Waals surface area contributed by atoms with Gasteiger partial charge in [-0.2, -0.15) is 0 Å². The summed E-state index contributed by atoms with van der Waals surface area (Å²) in [6, 6.07) is 6.80. The number of ether oxygens (including phenoxy) is 1. The van der Waals surface area contributed by atoms with Gasteiger partial charge in [0, 0.05) is 30.5 Å². The summed E-state index contributed by atoms with van der Waals surface area (Å²) in [5.41, 5.74) is 1.05. The van der Waals surface area contributed by atoms with Crippen molar-refractivity contribution in [3.05, 3.63) is 59.2 Å². The van der Waals surface area contributed by atoms with Crippen LogP contribution in [0.2, 0.25) is 0 Å². The molecule has 6 heteroatoms. The molecule has 1 saturated heterocycles. The molecule has 120 valence electrons. The van der Waals surface area contributed by atoms with Gasteiger partial charge in [-0.3, -0.25) is 9.59 Å². The molecule has 0 aliphatic carbocycles. The summed E-state index contributed by atoms with van der Waals surface area (Å²) in [4.78, 5) is 27.1. The van der Waals surface area contributed by atoms with Crippen LogP contribution in [0.1, 0.15) is 39.3 Å². The molecule has 0 spiro atoms. The Labute approximate surface area is 132 Å². The standard InChI is InChI=1S/C17H17FN2O3/c18-13-5-3-11(4-6-13)16(21)12-8-15(19-9-12)17(22)20-10-14-2-1-7-23-14/h3-6,8-9,14,19H,1-2,7,10H2,(H,20,22). The van der Waals surface area contributed by atoms with Crippen LogP contribution in [0.4, 0.5) is 4.39 Å². The van der Waals surface area contributed by atoms with Crippen molar-refractivity contribution in [3.63, 3.8) is 0 Å². The zero-order valence-corrected chi connectivity index (χ0v) is 12.5. The Hall–Kier alpha value is -2.47. The van der Waals surface area contributed by atoms with Gasteiger partial charge in [-0.1, -0.05) is 0 Å². The predicted molar refractivity (Wildman–Crippen MR) is 81.9 cm³/mol. The molecule has 1 unspecified atom stereocenters. The van der Waals surface area contributed by atoms with E-state index in [1.54, 1.807) is 0 Å². The van der Waals surface area contributed by atoms with Crippen molar-refractivity contribution in [2.45, 2.75) is 18.9 Å². The van der Waals surface area contributed by atoms with Crippen LogP contribution in [-0.4, -0.2) is 35.9 Å². The number of benzene rings is 1. The van der Waals surface area contributed by atoms with E-state index in [0.717, 1.165) is 19.4 Å². The molecule has 23 heavy (non-hydrogen) atoms. The number of carbonyl (C=O) groups excluding carboxylic acids is 2. The molecule has 0 bridgehead atoms. The molecule has 1 atom stereocenters. The van der Waals surface area contributed by atoms with Gasteiger partial charge < -0.3 is 15.0 Å². The average Bonchev–Trinajstić information content (AvgIpc) is 3.24. The van der Waals surface area contributed by atoms with Gasteiger partial charge in [-0.05, 0) is 43.2 Å². The summed E-state index contributed by atoms with van der Waals surface area (Å²) >= 11 is 0. The molecule has 1 aliphatic rings. The summed E-state index contributed by atoms with van der Waals surface area (Å²) in [5.74, 6) is -0.942. The topological polar surface area (TPSA) is 71.2 Å². The van der Waals surface area contributed by atoms with E-state index in [1.807, 2.05) is 0 Å². The largest absolute Gasteiger partial charge is 0.376 e. The molecule has 1 amide bonds. The number of H-pyrrole nitrogens is 1. The van der Waals surface area contributed by atoms with Crippen LogP contribution in [0, 0.1) is 5.82 Å². The molecule has 1 aromatic heterocycles. The van der Waals surface area contributed by atoms with Crippen molar-refractivity contribution in [2.24, 2.45) is 0 Å². The second-order valence-electron chi connectivity index (χ2n) is 5.48. The van der Waals surface area contributed by atoms with E-state index in [2.05, 4.69) is 10.3 Å². The highest BCUT2D eigenvalue weighted by Gasteiger charge is 2.18. The number of rotatable bonds is 5. The van der Waals surface area contributed by atoms with E-state index in [0.29, 0.717) is 23.4 Å². The first-order valence-corrected chi connectivity index (χ1v) is 7.52. The number of carbonyl (C=O) groups is 2. The summed E-state index contributed by atoms with van der Waals surface area (Å²) < 4.78 is 18.3. The molecular weight excluding hydrogens is 299 g/mol. The fraction of sp³-hybridized carbons (Fsp3) is 0.294. The summed E-state index contributed by atoms with van der Waals surface area (Å²) in [6.07, 6.45) is 3.50. The molecule has 2 aromatic rings. The van der Waals surface area contributed by atoms with Crippen LogP contribution in [0.25, 0.3) is 0 Å². The minimum Gasteiger partial charge on any atom is -0.376 e. The van der Waals surface area contributed by atoms with Gasteiger partial charge in [0.15, 0.2) is 5.78 Å². The van der Waals surface area contributed by atoms with Crippen molar-refractivity contribution in [3.8, 4) is 0 Å². The Morgan fingerprint density at radius 2 is 2.04 bits per heavy atom. The predicted octanol–water partition coefficient (Wildman–Crippen LogP) is 2.29. The quantitative estimate of drug-likeness (QED) is 0.832. The maximum absolute atomic E-state index is 12.9. The summed E-state index contributed by atoms with van der Waals surface area (Å²) in [6.45, 7) is 1.19. The lowest BCUT2D eigenvalue weighted by atomic mass is 10.1. The summed E-state index contributed by atoms with van der Waals surface area (Å²) in [5, 5.41) is 2.78. The fourth-order valence-corrected chi connectivity index (χ4v) is 2.53. The first-order chi connectivity index (χ1) is 11.1. The maximum atomic E-state index is 12.9. The number of hydrogen-bond donors (Lipinski definition) is 2. The van der Waals surface area contributed by atoms with Crippen LogP contribution in [0.5, 0.6) is 0 Å². The minimum atomic E-state index is -0.398. The lowest BCUT2D eigenvalue weighted by molar-refractivity contribution is 0.0854.